The van der Waals surface area contributed by atoms with Crippen molar-refractivity contribution in [3.05, 3.63) is 75.8 Å². The fourth-order valence-electron chi connectivity index (χ4n) is 3.44. The minimum absolute atomic E-state index is 0.0170. The van der Waals surface area contributed by atoms with Crippen molar-refractivity contribution in [2.24, 2.45) is 0 Å². The number of amides is 1. The van der Waals surface area contributed by atoms with Gasteiger partial charge in [0.15, 0.2) is 5.82 Å². The van der Waals surface area contributed by atoms with Gasteiger partial charge in [-0.05, 0) is 37.3 Å². The molecular formula is C21H25N5O2. The van der Waals surface area contributed by atoms with Gasteiger partial charge in [-0.3, -0.25) is 9.59 Å². The van der Waals surface area contributed by atoms with Gasteiger partial charge in [0, 0.05) is 12.1 Å². The molecule has 0 fully saturated rings. The highest BCUT2D eigenvalue weighted by Crippen LogP contribution is 2.28. The molecule has 28 heavy (non-hydrogen) atoms. The van der Waals surface area contributed by atoms with Gasteiger partial charge in [-0.1, -0.05) is 44.2 Å². The Bertz CT molecular complexity index is 1000. The molecule has 0 aliphatic heterocycles. The van der Waals surface area contributed by atoms with Crippen molar-refractivity contribution in [3.8, 4) is 5.82 Å². The Morgan fingerprint density at radius 1 is 1.21 bits per heavy atom. The van der Waals surface area contributed by atoms with E-state index in [-0.39, 0.29) is 22.9 Å². The second-order valence-corrected chi connectivity index (χ2v) is 7.66. The zero-order valence-corrected chi connectivity index (χ0v) is 16.6. The van der Waals surface area contributed by atoms with Gasteiger partial charge in [0.25, 0.3) is 11.5 Å². The number of nitrogens with zero attached hydrogens (tertiary/aromatic N) is 3. The molecule has 2 heterocycles. The van der Waals surface area contributed by atoms with E-state index in [4.69, 9.17) is 0 Å². The van der Waals surface area contributed by atoms with E-state index in [2.05, 4.69) is 46.6 Å². The molecule has 3 rings (SSSR count). The molecule has 1 atom stereocenters. The van der Waals surface area contributed by atoms with Crippen LogP contribution in [0.2, 0.25) is 0 Å². The van der Waals surface area contributed by atoms with E-state index in [1.54, 1.807) is 13.0 Å². The van der Waals surface area contributed by atoms with Gasteiger partial charge >= 0.3 is 0 Å². The van der Waals surface area contributed by atoms with E-state index in [0.717, 1.165) is 6.42 Å². The Morgan fingerprint density at radius 3 is 2.57 bits per heavy atom. The summed E-state index contributed by atoms with van der Waals surface area (Å²) in [6.45, 7) is 8.16. The number of benzene rings is 1. The van der Waals surface area contributed by atoms with E-state index in [0.29, 0.717) is 17.1 Å². The maximum atomic E-state index is 12.8. The second kappa shape index (κ2) is 7.80. The third-order valence-corrected chi connectivity index (χ3v) is 4.89. The molecule has 3 aromatic rings. The van der Waals surface area contributed by atoms with Crippen LogP contribution in [-0.2, 0) is 5.41 Å². The quantitative estimate of drug-likeness (QED) is 0.689. The molecule has 2 N–H and O–H groups in total. The normalized spacial score (nSPS) is 12.6. The number of H-pyrrole nitrogens is 1. The topological polar surface area (TPSA) is 92.7 Å². The number of carbonyl (C=O) groups excluding carboxylic acids is 1. The molecule has 0 aliphatic carbocycles. The predicted octanol–water partition coefficient (Wildman–Crippen LogP) is 2.75. The van der Waals surface area contributed by atoms with Gasteiger partial charge in [-0.25, -0.2) is 9.78 Å². The Kier molecular flexibility index (Phi) is 5.44. The summed E-state index contributed by atoms with van der Waals surface area (Å²) >= 11 is 0. The first kappa shape index (κ1) is 19.5. The van der Waals surface area contributed by atoms with Crippen LogP contribution in [0.1, 0.15) is 48.8 Å². The predicted molar refractivity (Wildman–Crippen MR) is 108 cm³/mol. The summed E-state index contributed by atoms with van der Waals surface area (Å²) in [5.74, 6) is 0.277. The summed E-state index contributed by atoms with van der Waals surface area (Å²) in [6, 6.07) is 13.2. The van der Waals surface area contributed by atoms with Crippen LogP contribution in [0.3, 0.4) is 0 Å². The SMILES string of the molecule is Cc1c(C(=O)NC(C)CC(C)(C)c2ccccc2)cnn1-c1ccc(=O)[nH]n1. The summed E-state index contributed by atoms with van der Waals surface area (Å²) in [4.78, 5) is 23.9. The molecule has 1 amide bonds. The average Bonchev–Trinajstić information content (AvgIpc) is 3.04. The average molecular weight is 379 g/mol. The van der Waals surface area contributed by atoms with Gasteiger partial charge < -0.3 is 5.32 Å². The molecule has 0 aliphatic rings. The molecule has 1 aromatic carbocycles. The fourth-order valence-corrected chi connectivity index (χ4v) is 3.44. The van der Waals surface area contributed by atoms with Crippen molar-refractivity contribution >= 4 is 5.91 Å². The summed E-state index contributed by atoms with van der Waals surface area (Å²) in [6.07, 6.45) is 2.32. The molecule has 1 unspecified atom stereocenters. The van der Waals surface area contributed by atoms with Crippen LogP contribution in [0.25, 0.3) is 5.82 Å². The lowest BCUT2D eigenvalue weighted by Gasteiger charge is -2.29. The Labute approximate surface area is 163 Å². The summed E-state index contributed by atoms with van der Waals surface area (Å²) in [5.41, 5.74) is 2.03. The van der Waals surface area contributed by atoms with Crippen LogP contribution in [0.4, 0.5) is 0 Å². The van der Waals surface area contributed by atoms with Crippen molar-refractivity contribution in [2.75, 3.05) is 0 Å². The van der Waals surface area contributed by atoms with Crippen LogP contribution in [-0.4, -0.2) is 31.9 Å². The van der Waals surface area contributed by atoms with Gasteiger partial charge in [-0.2, -0.15) is 10.2 Å². The van der Waals surface area contributed by atoms with E-state index in [1.807, 2.05) is 25.1 Å². The minimum Gasteiger partial charge on any atom is -0.349 e. The first-order valence-electron chi connectivity index (χ1n) is 9.25. The second-order valence-electron chi connectivity index (χ2n) is 7.66. The highest BCUT2D eigenvalue weighted by atomic mass is 16.1. The van der Waals surface area contributed by atoms with Crippen LogP contribution in [0, 0.1) is 6.92 Å². The number of rotatable bonds is 6. The third-order valence-electron chi connectivity index (χ3n) is 4.89. The van der Waals surface area contributed by atoms with E-state index in [9.17, 15) is 9.59 Å². The molecule has 0 saturated heterocycles. The Balaban J connectivity index is 1.71. The zero-order valence-electron chi connectivity index (χ0n) is 16.6. The smallest absolute Gasteiger partial charge is 0.264 e. The van der Waals surface area contributed by atoms with Crippen LogP contribution < -0.4 is 10.9 Å². The Hall–Kier alpha value is -3.22. The van der Waals surface area contributed by atoms with Gasteiger partial charge in [0.05, 0.1) is 17.5 Å². The van der Waals surface area contributed by atoms with Crippen molar-refractivity contribution in [2.45, 2.75) is 45.6 Å². The molecule has 2 aromatic heterocycles. The summed E-state index contributed by atoms with van der Waals surface area (Å²) in [7, 11) is 0. The van der Waals surface area contributed by atoms with Gasteiger partial charge in [-0.15, -0.1) is 0 Å². The number of hydrogen-bond acceptors (Lipinski definition) is 4. The number of nitrogens with one attached hydrogen (secondary N) is 2. The van der Waals surface area contributed by atoms with Crippen LogP contribution in [0.15, 0.2) is 53.5 Å². The lowest BCUT2D eigenvalue weighted by molar-refractivity contribution is 0.0934. The maximum absolute atomic E-state index is 12.8. The zero-order chi connectivity index (χ0) is 20.3. The number of aromatic amines is 1. The standard InChI is InChI=1S/C21H25N5O2/c1-14(12-21(3,4)16-8-6-5-7-9-16)23-20(28)17-13-22-26(15(17)2)18-10-11-19(27)25-24-18/h5-11,13-14H,12H2,1-4H3,(H,23,28)(H,25,27). The largest absolute Gasteiger partial charge is 0.349 e. The highest BCUT2D eigenvalue weighted by molar-refractivity contribution is 5.95. The van der Waals surface area contributed by atoms with Crippen LogP contribution in [0.5, 0.6) is 0 Å². The molecule has 0 spiro atoms. The number of aromatic nitrogens is 4. The highest BCUT2D eigenvalue weighted by Gasteiger charge is 2.25. The summed E-state index contributed by atoms with van der Waals surface area (Å²) < 4.78 is 1.53. The first-order valence-corrected chi connectivity index (χ1v) is 9.25. The van der Waals surface area contributed by atoms with E-state index >= 15 is 0 Å². The van der Waals surface area contributed by atoms with Gasteiger partial charge in [0.1, 0.15) is 0 Å². The Morgan fingerprint density at radius 2 is 1.93 bits per heavy atom. The minimum atomic E-state index is -0.290. The van der Waals surface area contributed by atoms with Crippen molar-refractivity contribution in [1.29, 1.82) is 0 Å². The summed E-state index contributed by atoms with van der Waals surface area (Å²) in [5, 5.41) is 13.6. The lowest BCUT2D eigenvalue weighted by atomic mass is 9.79. The number of carbonyl (C=O) groups is 1. The molecule has 0 saturated carbocycles. The fraction of sp³-hybridized carbons (Fsp3) is 0.333. The van der Waals surface area contributed by atoms with Crippen molar-refractivity contribution < 1.29 is 4.79 Å². The van der Waals surface area contributed by atoms with Crippen molar-refractivity contribution in [3.63, 3.8) is 0 Å². The molecule has 7 nitrogen and oxygen atoms in total. The van der Waals surface area contributed by atoms with Crippen LogP contribution >= 0.6 is 0 Å². The monoisotopic (exact) mass is 379 g/mol. The van der Waals surface area contributed by atoms with Crippen molar-refractivity contribution in [1.82, 2.24) is 25.3 Å². The first-order chi connectivity index (χ1) is 13.3. The lowest BCUT2D eigenvalue weighted by Crippen LogP contribution is -2.37. The van der Waals surface area contributed by atoms with E-state index < -0.39 is 0 Å². The molecule has 146 valence electrons. The third kappa shape index (κ3) is 4.19. The van der Waals surface area contributed by atoms with Gasteiger partial charge in [0.2, 0.25) is 0 Å². The molecule has 0 bridgehead atoms. The molecule has 7 heteroatoms. The number of hydrogen-bond donors (Lipinski definition) is 2. The molecular weight excluding hydrogens is 354 g/mol. The maximum Gasteiger partial charge on any atom is 0.264 e. The molecule has 0 radical (unpaired) electrons. The van der Waals surface area contributed by atoms with E-state index in [1.165, 1.54) is 22.5 Å².